The van der Waals surface area contributed by atoms with Crippen LogP contribution < -0.4 is 10.9 Å². The van der Waals surface area contributed by atoms with Crippen molar-refractivity contribution < 1.29 is 28.6 Å². The molecule has 30 heavy (non-hydrogen) atoms. The van der Waals surface area contributed by atoms with Crippen molar-refractivity contribution in [2.75, 3.05) is 5.32 Å². The lowest BCUT2D eigenvalue weighted by Crippen LogP contribution is -2.44. The third-order valence-electron chi connectivity index (χ3n) is 5.89. The number of esters is 1. The Morgan fingerprint density at radius 2 is 2.00 bits per heavy atom. The first-order chi connectivity index (χ1) is 14.3. The average molecular weight is 410 g/mol. The Kier molecular flexibility index (Phi) is 3.66. The van der Waals surface area contributed by atoms with Gasteiger partial charge >= 0.3 is 5.97 Å². The van der Waals surface area contributed by atoms with E-state index in [4.69, 9.17) is 4.74 Å². The molecule has 0 unspecified atom stereocenters. The van der Waals surface area contributed by atoms with E-state index >= 15 is 0 Å². The number of benzene rings is 1. The molecule has 0 radical (unpaired) electrons. The van der Waals surface area contributed by atoms with Crippen molar-refractivity contribution in [3.8, 4) is 0 Å². The SMILES string of the molecule is CC[C@]1(O)C(=O)OCc2c1cc1n(c2=O)C/C(=C2\C(=O)Nc3ccc(F)cc32)C1=O. The molecule has 1 atom stereocenters. The zero-order valence-corrected chi connectivity index (χ0v) is 15.7. The molecule has 0 bridgehead atoms. The Bertz CT molecular complexity index is 1290. The van der Waals surface area contributed by atoms with E-state index in [0.717, 1.165) is 6.07 Å². The second kappa shape index (κ2) is 5.96. The van der Waals surface area contributed by atoms with E-state index in [0.29, 0.717) is 5.69 Å². The van der Waals surface area contributed by atoms with Gasteiger partial charge in [0.15, 0.2) is 5.60 Å². The summed E-state index contributed by atoms with van der Waals surface area (Å²) >= 11 is 0. The van der Waals surface area contributed by atoms with E-state index in [1.54, 1.807) is 6.92 Å². The molecule has 1 aromatic carbocycles. The van der Waals surface area contributed by atoms with Crippen molar-refractivity contribution >= 4 is 28.9 Å². The van der Waals surface area contributed by atoms with Gasteiger partial charge < -0.3 is 19.7 Å². The number of hydrogen-bond donors (Lipinski definition) is 2. The molecule has 0 fully saturated rings. The van der Waals surface area contributed by atoms with Crippen LogP contribution in [0.1, 0.15) is 40.5 Å². The number of cyclic esters (lactones) is 1. The lowest BCUT2D eigenvalue weighted by molar-refractivity contribution is -0.172. The monoisotopic (exact) mass is 410 g/mol. The molecule has 0 saturated carbocycles. The molecule has 152 valence electrons. The highest BCUT2D eigenvalue weighted by Crippen LogP contribution is 2.39. The van der Waals surface area contributed by atoms with Crippen LogP contribution >= 0.6 is 0 Å². The van der Waals surface area contributed by atoms with Crippen LogP contribution in [0, 0.1) is 5.82 Å². The fourth-order valence-electron chi connectivity index (χ4n) is 4.26. The van der Waals surface area contributed by atoms with Crippen molar-refractivity contribution in [1.82, 2.24) is 4.57 Å². The molecular weight excluding hydrogens is 395 g/mol. The third-order valence-corrected chi connectivity index (χ3v) is 5.89. The van der Waals surface area contributed by atoms with Gasteiger partial charge in [-0.1, -0.05) is 6.92 Å². The first kappa shape index (κ1) is 18.4. The molecule has 4 heterocycles. The highest BCUT2D eigenvalue weighted by molar-refractivity contribution is 6.37. The van der Waals surface area contributed by atoms with Crippen LogP contribution in [-0.2, 0) is 33.1 Å². The summed E-state index contributed by atoms with van der Waals surface area (Å²) in [4.78, 5) is 50.8. The molecule has 0 spiro atoms. The van der Waals surface area contributed by atoms with E-state index in [-0.39, 0.29) is 53.1 Å². The number of aromatic nitrogens is 1. The van der Waals surface area contributed by atoms with E-state index in [1.807, 2.05) is 0 Å². The molecule has 9 heteroatoms. The van der Waals surface area contributed by atoms with Gasteiger partial charge in [-0.15, -0.1) is 0 Å². The van der Waals surface area contributed by atoms with E-state index in [2.05, 4.69) is 5.32 Å². The number of fused-ring (bicyclic) bond motifs is 3. The maximum atomic E-state index is 13.8. The normalized spacial score (nSPS) is 24.3. The highest BCUT2D eigenvalue weighted by Gasteiger charge is 2.46. The molecule has 3 aliphatic rings. The second-order valence-electron chi connectivity index (χ2n) is 7.43. The number of carbonyl (C=O) groups is 3. The van der Waals surface area contributed by atoms with Gasteiger partial charge in [-0.3, -0.25) is 14.4 Å². The van der Waals surface area contributed by atoms with Crippen molar-refractivity contribution in [2.45, 2.75) is 32.1 Å². The summed E-state index contributed by atoms with van der Waals surface area (Å²) < 4.78 is 19.9. The Hall–Kier alpha value is -3.59. The minimum atomic E-state index is -2.03. The summed E-state index contributed by atoms with van der Waals surface area (Å²) in [5.41, 5.74) is -1.85. The Balaban J connectivity index is 1.73. The van der Waals surface area contributed by atoms with Crippen molar-refractivity contribution in [3.63, 3.8) is 0 Å². The lowest BCUT2D eigenvalue weighted by atomic mass is 9.86. The molecule has 2 aromatic rings. The maximum absolute atomic E-state index is 13.8. The van der Waals surface area contributed by atoms with Crippen LogP contribution in [-0.4, -0.2) is 27.3 Å². The number of ether oxygens (including phenoxy) is 1. The summed E-state index contributed by atoms with van der Waals surface area (Å²) in [6, 6.07) is 5.06. The number of rotatable bonds is 1. The fraction of sp³-hybridized carbons (Fsp3) is 0.238. The first-order valence-electron chi connectivity index (χ1n) is 9.32. The summed E-state index contributed by atoms with van der Waals surface area (Å²) in [6.45, 7) is 1.06. The van der Waals surface area contributed by atoms with Crippen LogP contribution in [0.25, 0.3) is 5.57 Å². The number of carbonyl (C=O) groups excluding carboxylic acids is 3. The molecule has 1 aromatic heterocycles. The number of Topliss-reactive ketones (excluding diaryl/α,β-unsaturated/α-hetero) is 1. The number of amides is 1. The van der Waals surface area contributed by atoms with Gasteiger partial charge in [0.05, 0.1) is 23.4 Å². The summed E-state index contributed by atoms with van der Waals surface area (Å²) in [6.07, 6.45) is -0.0427. The number of nitrogens with zero attached hydrogens (tertiary/aromatic N) is 1. The predicted molar refractivity (Wildman–Crippen MR) is 101 cm³/mol. The molecule has 2 N–H and O–H groups in total. The van der Waals surface area contributed by atoms with Crippen LogP contribution in [0.3, 0.4) is 0 Å². The van der Waals surface area contributed by atoms with Crippen molar-refractivity contribution in [2.24, 2.45) is 0 Å². The van der Waals surface area contributed by atoms with Crippen LogP contribution in [0.5, 0.6) is 0 Å². The number of allylic oxidation sites excluding steroid dienone is 1. The standard InChI is InChI=1S/C21H15FN2O6/c1-2-21(29)13-6-15-17(25)11(7-24(15)19(27)12(13)8-30-20(21)28)16-10-5-9(22)3-4-14(10)23-18(16)26/h3-6,29H,2,7-8H2,1H3,(H,23,26)/b16-11+/t21-/m1/s1. The number of ketones is 1. The number of anilines is 1. The van der Waals surface area contributed by atoms with Crippen molar-refractivity contribution in [1.29, 1.82) is 0 Å². The van der Waals surface area contributed by atoms with Crippen LogP contribution in [0.2, 0.25) is 0 Å². The largest absolute Gasteiger partial charge is 0.458 e. The number of nitrogens with one attached hydrogen (secondary N) is 1. The molecule has 1 amide bonds. The minimum absolute atomic E-state index is 0.00801. The summed E-state index contributed by atoms with van der Waals surface area (Å²) in [5.74, 6) is -2.60. The fourth-order valence-corrected chi connectivity index (χ4v) is 4.26. The van der Waals surface area contributed by atoms with Gasteiger partial charge in [0.1, 0.15) is 12.4 Å². The third kappa shape index (κ3) is 2.23. The van der Waals surface area contributed by atoms with Gasteiger partial charge in [0.25, 0.3) is 11.5 Å². The van der Waals surface area contributed by atoms with E-state index in [1.165, 1.54) is 22.8 Å². The highest BCUT2D eigenvalue weighted by atomic mass is 19.1. The summed E-state index contributed by atoms with van der Waals surface area (Å²) in [5, 5.41) is 13.4. The van der Waals surface area contributed by atoms with Crippen LogP contribution in [0.4, 0.5) is 10.1 Å². The van der Waals surface area contributed by atoms with E-state index in [9.17, 15) is 28.7 Å². The van der Waals surface area contributed by atoms with Gasteiger partial charge in [-0.25, -0.2) is 9.18 Å². The molecule has 8 nitrogen and oxygen atoms in total. The predicted octanol–water partition coefficient (Wildman–Crippen LogP) is 1.24. The molecule has 5 rings (SSSR count). The van der Waals surface area contributed by atoms with Crippen molar-refractivity contribution in [3.05, 3.63) is 68.4 Å². The summed E-state index contributed by atoms with van der Waals surface area (Å²) in [7, 11) is 0. The Morgan fingerprint density at radius 3 is 2.73 bits per heavy atom. The smallest absolute Gasteiger partial charge is 0.343 e. The number of aliphatic hydroxyl groups is 1. The zero-order valence-electron chi connectivity index (χ0n) is 15.7. The number of hydrogen-bond acceptors (Lipinski definition) is 6. The topological polar surface area (TPSA) is 115 Å². The molecule has 0 aliphatic carbocycles. The number of pyridine rings is 1. The van der Waals surface area contributed by atoms with Gasteiger partial charge in [0.2, 0.25) is 5.78 Å². The quantitative estimate of drug-likeness (QED) is 0.540. The maximum Gasteiger partial charge on any atom is 0.343 e. The zero-order chi connectivity index (χ0) is 21.4. The first-order valence-corrected chi connectivity index (χ1v) is 9.32. The Morgan fingerprint density at radius 1 is 1.23 bits per heavy atom. The minimum Gasteiger partial charge on any atom is -0.458 e. The van der Waals surface area contributed by atoms with Crippen LogP contribution in [0.15, 0.2) is 34.6 Å². The number of halogens is 1. The molecule has 0 saturated heterocycles. The molecule has 3 aliphatic heterocycles. The molecular formula is C21H15FN2O6. The average Bonchev–Trinajstić information content (AvgIpc) is 3.21. The van der Waals surface area contributed by atoms with Gasteiger partial charge in [0, 0.05) is 22.4 Å². The van der Waals surface area contributed by atoms with Gasteiger partial charge in [-0.2, -0.15) is 0 Å². The lowest BCUT2D eigenvalue weighted by Gasteiger charge is -2.31. The Labute approximate surface area is 168 Å². The second-order valence-corrected chi connectivity index (χ2v) is 7.43. The van der Waals surface area contributed by atoms with Gasteiger partial charge in [-0.05, 0) is 30.7 Å². The van der Waals surface area contributed by atoms with E-state index < -0.39 is 34.6 Å².